The zero-order chi connectivity index (χ0) is 54.5. The molecular formula is C65H124NO8P. The van der Waals surface area contributed by atoms with Crippen molar-refractivity contribution < 1.29 is 37.6 Å². The van der Waals surface area contributed by atoms with E-state index in [0.717, 1.165) is 44.9 Å². The van der Waals surface area contributed by atoms with E-state index in [1.807, 2.05) is 0 Å². The molecule has 75 heavy (non-hydrogen) atoms. The molecule has 0 radical (unpaired) electrons. The van der Waals surface area contributed by atoms with Crippen LogP contribution in [0.1, 0.15) is 335 Å². The Balaban J connectivity index is 3.87. The minimum Gasteiger partial charge on any atom is -0.462 e. The van der Waals surface area contributed by atoms with Crippen molar-refractivity contribution in [2.75, 3.05) is 26.4 Å². The van der Waals surface area contributed by atoms with E-state index in [4.69, 9.17) is 24.3 Å². The van der Waals surface area contributed by atoms with Gasteiger partial charge in [0.05, 0.1) is 13.2 Å². The molecule has 10 heteroatoms. The van der Waals surface area contributed by atoms with Gasteiger partial charge in [-0.2, -0.15) is 0 Å². The smallest absolute Gasteiger partial charge is 0.462 e. The van der Waals surface area contributed by atoms with Crippen LogP contribution in [0.4, 0.5) is 0 Å². The Kier molecular flexibility index (Phi) is 60.0. The van der Waals surface area contributed by atoms with Crippen LogP contribution in [-0.4, -0.2) is 49.3 Å². The number of esters is 2. The van der Waals surface area contributed by atoms with Gasteiger partial charge in [-0.1, -0.05) is 288 Å². The maximum atomic E-state index is 12.7. The van der Waals surface area contributed by atoms with Crippen LogP contribution in [0.5, 0.6) is 0 Å². The summed E-state index contributed by atoms with van der Waals surface area (Å²) in [5.41, 5.74) is 5.39. The van der Waals surface area contributed by atoms with Gasteiger partial charge in [0.25, 0.3) is 0 Å². The van der Waals surface area contributed by atoms with Crippen molar-refractivity contribution in [3.8, 4) is 0 Å². The first-order chi connectivity index (χ1) is 36.8. The number of rotatable bonds is 62. The predicted molar refractivity (Wildman–Crippen MR) is 321 cm³/mol. The molecule has 0 saturated heterocycles. The zero-order valence-corrected chi connectivity index (χ0v) is 50.4. The van der Waals surface area contributed by atoms with Gasteiger partial charge < -0.3 is 20.1 Å². The summed E-state index contributed by atoms with van der Waals surface area (Å²) in [6.07, 6.45) is 75.1. The third-order valence-electron chi connectivity index (χ3n) is 14.5. The van der Waals surface area contributed by atoms with Crippen LogP contribution >= 0.6 is 7.82 Å². The number of carbonyl (C=O) groups is 2. The standard InChI is InChI=1S/C65H124NO8P/c1-3-5-7-9-11-13-15-17-19-21-23-25-27-29-30-31-32-34-35-37-39-41-43-45-47-49-51-53-55-57-64(67)71-61-63(62-73-75(69,70)72-60-59-66)74-65(68)58-56-54-52-50-48-46-44-42-40-38-36-33-28-26-24-22-20-18-16-14-12-10-8-6-4-2/h16,18,21-24,63H,3-15,17,19-20,25-62,66H2,1-2H3,(H,69,70)/b18-16-,23-21-,24-22-. The van der Waals surface area contributed by atoms with Gasteiger partial charge in [-0.3, -0.25) is 18.6 Å². The molecule has 0 aliphatic heterocycles. The summed E-state index contributed by atoms with van der Waals surface area (Å²) in [6, 6.07) is 0. The van der Waals surface area contributed by atoms with E-state index in [1.165, 1.54) is 257 Å². The Hall–Kier alpha value is -1.77. The molecule has 0 aromatic heterocycles. The van der Waals surface area contributed by atoms with Crippen LogP contribution in [0.25, 0.3) is 0 Å². The molecule has 0 fully saturated rings. The summed E-state index contributed by atoms with van der Waals surface area (Å²) in [6.45, 7) is 3.79. The number of phosphoric acid groups is 1. The normalized spacial score (nSPS) is 13.2. The Morgan fingerprint density at radius 2 is 0.693 bits per heavy atom. The van der Waals surface area contributed by atoms with E-state index in [2.05, 4.69) is 50.3 Å². The Bertz CT molecular complexity index is 1320. The Morgan fingerprint density at radius 3 is 1.03 bits per heavy atom. The molecular weight excluding hydrogens is 954 g/mol. The van der Waals surface area contributed by atoms with Gasteiger partial charge >= 0.3 is 19.8 Å². The molecule has 0 aliphatic rings. The second-order valence-corrected chi connectivity index (χ2v) is 23.4. The highest BCUT2D eigenvalue weighted by Gasteiger charge is 2.26. The number of ether oxygens (including phenoxy) is 2. The molecule has 442 valence electrons. The van der Waals surface area contributed by atoms with E-state index in [0.29, 0.717) is 6.42 Å². The van der Waals surface area contributed by atoms with Crippen molar-refractivity contribution in [3.63, 3.8) is 0 Å². The number of allylic oxidation sites excluding steroid dienone is 6. The number of nitrogens with two attached hydrogens (primary N) is 1. The fourth-order valence-electron chi connectivity index (χ4n) is 9.67. The summed E-state index contributed by atoms with van der Waals surface area (Å²) >= 11 is 0. The third-order valence-corrected chi connectivity index (χ3v) is 15.5. The maximum Gasteiger partial charge on any atom is 0.472 e. The molecule has 0 spiro atoms. The second kappa shape index (κ2) is 61.4. The number of unbranched alkanes of at least 4 members (excludes halogenated alkanes) is 43. The lowest BCUT2D eigenvalue weighted by atomic mass is 10.0. The molecule has 0 heterocycles. The molecule has 0 bridgehead atoms. The van der Waals surface area contributed by atoms with E-state index < -0.39 is 26.5 Å². The highest BCUT2D eigenvalue weighted by Crippen LogP contribution is 2.43. The third kappa shape index (κ3) is 61.3. The van der Waals surface area contributed by atoms with E-state index in [9.17, 15) is 19.0 Å². The van der Waals surface area contributed by atoms with Crippen molar-refractivity contribution in [1.82, 2.24) is 0 Å². The van der Waals surface area contributed by atoms with Crippen molar-refractivity contribution >= 4 is 19.8 Å². The van der Waals surface area contributed by atoms with Crippen LogP contribution in [0.3, 0.4) is 0 Å². The highest BCUT2D eigenvalue weighted by molar-refractivity contribution is 7.47. The van der Waals surface area contributed by atoms with Gasteiger partial charge in [-0.15, -0.1) is 0 Å². The molecule has 0 rings (SSSR count). The number of hydrogen-bond acceptors (Lipinski definition) is 8. The van der Waals surface area contributed by atoms with Crippen LogP contribution in [0, 0.1) is 0 Å². The number of hydrogen-bond donors (Lipinski definition) is 2. The van der Waals surface area contributed by atoms with Crippen LogP contribution < -0.4 is 5.73 Å². The summed E-state index contributed by atoms with van der Waals surface area (Å²) < 4.78 is 33.1. The predicted octanol–water partition coefficient (Wildman–Crippen LogP) is 20.7. The molecule has 0 aromatic carbocycles. The average molecular weight is 1080 g/mol. The minimum absolute atomic E-state index is 0.0549. The minimum atomic E-state index is -4.39. The molecule has 0 aliphatic carbocycles. The van der Waals surface area contributed by atoms with Crippen molar-refractivity contribution in [2.24, 2.45) is 5.73 Å². The van der Waals surface area contributed by atoms with Crippen LogP contribution in [0.2, 0.25) is 0 Å². The lowest BCUT2D eigenvalue weighted by Crippen LogP contribution is -2.29. The lowest BCUT2D eigenvalue weighted by molar-refractivity contribution is -0.161. The topological polar surface area (TPSA) is 134 Å². The first kappa shape index (κ1) is 73.2. The van der Waals surface area contributed by atoms with Crippen molar-refractivity contribution in [1.29, 1.82) is 0 Å². The zero-order valence-electron chi connectivity index (χ0n) is 49.6. The second-order valence-electron chi connectivity index (χ2n) is 22.0. The van der Waals surface area contributed by atoms with E-state index in [-0.39, 0.29) is 38.6 Å². The van der Waals surface area contributed by atoms with E-state index in [1.54, 1.807) is 0 Å². The molecule has 2 unspecified atom stereocenters. The quantitative estimate of drug-likeness (QED) is 0.0264. The van der Waals surface area contributed by atoms with Gasteiger partial charge in [0, 0.05) is 19.4 Å². The van der Waals surface area contributed by atoms with Gasteiger partial charge in [0.2, 0.25) is 0 Å². The summed E-state index contributed by atoms with van der Waals surface area (Å²) in [5.74, 6) is -0.811. The Morgan fingerprint density at radius 1 is 0.400 bits per heavy atom. The first-order valence-corrected chi connectivity index (χ1v) is 34.0. The summed E-state index contributed by atoms with van der Waals surface area (Å²) in [5, 5.41) is 0. The maximum absolute atomic E-state index is 12.7. The number of phosphoric ester groups is 1. The Labute approximate surface area is 464 Å². The lowest BCUT2D eigenvalue weighted by Gasteiger charge is -2.19. The van der Waals surface area contributed by atoms with Crippen LogP contribution in [0.15, 0.2) is 36.5 Å². The van der Waals surface area contributed by atoms with Gasteiger partial charge in [0.15, 0.2) is 6.10 Å². The van der Waals surface area contributed by atoms with Gasteiger partial charge in [-0.05, 0) is 70.6 Å². The highest BCUT2D eigenvalue weighted by atomic mass is 31.2. The largest absolute Gasteiger partial charge is 0.472 e. The number of carbonyl (C=O) groups excluding carboxylic acids is 2. The summed E-state index contributed by atoms with van der Waals surface area (Å²) in [7, 11) is -4.39. The average Bonchev–Trinajstić information content (AvgIpc) is 3.40. The molecule has 2 atom stereocenters. The van der Waals surface area contributed by atoms with E-state index >= 15 is 0 Å². The van der Waals surface area contributed by atoms with Crippen LogP contribution in [-0.2, 0) is 32.7 Å². The monoisotopic (exact) mass is 1080 g/mol. The van der Waals surface area contributed by atoms with Gasteiger partial charge in [0.1, 0.15) is 6.61 Å². The molecule has 0 amide bonds. The molecule has 3 N–H and O–H groups in total. The SMILES string of the molecule is CCCCCCC/C=C\C/C=C\CCCCCCCCCCCCCCCC(=O)OC(COC(=O)CCCCCCCCCCCCCCCCCCC/C=C\CCCCCCCCCC)COP(=O)(O)OCCN. The fourth-order valence-corrected chi connectivity index (χ4v) is 10.4. The molecule has 0 saturated carbocycles. The fraction of sp³-hybridized carbons (Fsp3) is 0.877. The summed E-state index contributed by atoms with van der Waals surface area (Å²) in [4.78, 5) is 35.3. The molecule has 0 aromatic rings. The molecule has 9 nitrogen and oxygen atoms in total. The first-order valence-electron chi connectivity index (χ1n) is 32.5. The van der Waals surface area contributed by atoms with Crippen molar-refractivity contribution in [3.05, 3.63) is 36.5 Å². The van der Waals surface area contributed by atoms with Crippen molar-refractivity contribution in [2.45, 2.75) is 341 Å². The van der Waals surface area contributed by atoms with Gasteiger partial charge in [-0.25, -0.2) is 4.57 Å².